The van der Waals surface area contributed by atoms with Crippen molar-refractivity contribution in [3.8, 4) is 5.75 Å². The third-order valence-electron chi connectivity index (χ3n) is 15.1. The average Bonchev–Trinajstić information content (AvgIpc) is 1.99. The van der Waals surface area contributed by atoms with Crippen LogP contribution in [0.2, 0.25) is 5.02 Å². The number of anilines is 2. The van der Waals surface area contributed by atoms with Crippen molar-refractivity contribution in [1.82, 2.24) is 19.7 Å². The Morgan fingerprint density at radius 1 is 0.940 bits per heavy atom. The molecule has 1 amide bonds. The fourth-order valence-corrected chi connectivity index (χ4v) is 12.6. The minimum Gasteiger partial charge on any atom is -0.491 e. The van der Waals surface area contributed by atoms with Crippen LogP contribution in [0.1, 0.15) is 136 Å². The van der Waals surface area contributed by atoms with Crippen LogP contribution in [0.15, 0.2) is 124 Å². The number of ketones is 4. The Labute approximate surface area is 506 Å². The van der Waals surface area contributed by atoms with E-state index in [-0.39, 0.29) is 121 Å². The zero-order valence-corrected chi connectivity index (χ0v) is 51.2. The second-order valence-electron chi connectivity index (χ2n) is 22.3. The standard InChI is InChI=1S/C65H73ClN6O10S2/c1-39-35-52(44-17-20-47(66)21-18-44)59-40(2)42(4)84-64(59)72-43(5)69-70-63(72)51(39)38-56(83)68-48-22-24-49(25-23-48)81-34-33-80-32-29-71(57(75)15-10-9-11-16-58(76)82-65(6,7)8)28-31-79-30-27-67-53-14-12-13-50-60(53)55(74)37-46(62(50)78)36-45-19-26-54(73)41(3)61(45)77/h11-14,16-18,20-25,37,45,51,59,64,67H,3,9-10,15,19,26-34,36,38H2,1-2,4-8H3,(H,68,83)/b16-11-/t35?,45?,51-,59?,64?/m0/s1. The van der Waals surface area contributed by atoms with E-state index < -0.39 is 17.5 Å². The number of aryl methyl sites for hydroxylation is 1. The van der Waals surface area contributed by atoms with Crippen LogP contribution in [0.3, 0.4) is 0 Å². The molecule has 4 aliphatic rings. The van der Waals surface area contributed by atoms with Gasteiger partial charge < -0.3 is 39.0 Å². The SMILES string of the molecule is C=C1C(=O)CCC(CC2=CC(=O)c3c(NCCOCCN(CCOCCOc4ccc(NC(=S)C[C@H]5C(C)=C=C(c6ccc(Cl)cc6)C6C(C)=C(C)SC6n6c(C)nnc65)cc4)C(=O)CCC/C=C\C(=O)OC(C)(C)C)cccc3C2=O)C1=O. The van der Waals surface area contributed by atoms with Crippen molar-refractivity contribution in [1.29, 1.82) is 0 Å². The number of hydrogen-bond acceptors (Lipinski definition) is 15. The molecular formula is C65H73ClN6O10S2. The molecule has 1 fully saturated rings. The molecule has 84 heavy (non-hydrogen) atoms. The minimum absolute atomic E-state index is 0.0274. The molecule has 2 aliphatic carbocycles. The first-order valence-corrected chi connectivity index (χ1v) is 30.1. The van der Waals surface area contributed by atoms with Crippen LogP contribution in [0.5, 0.6) is 5.75 Å². The average molecular weight is 1200 g/mol. The molecule has 3 aromatic carbocycles. The minimum atomic E-state index is -0.606. The molecular weight excluding hydrogens is 1120 g/mol. The fourth-order valence-electron chi connectivity index (χ4n) is 10.6. The van der Waals surface area contributed by atoms with E-state index in [0.29, 0.717) is 66.8 Å². The lowest BCUT2D eigenvalue weighted by molar-refractivity contribution is -0.148. The molecule has 16 nitrogen and oxygen atoms in total. The molecule has 0 saturated heterocycles. The molecule has 4 atom stereocenters. The molecule has 19 heteroatoms. The Hall–Kier alpha value is -7.05. The van der Waals surface area contributed by atoms with Gasteiger partial charge in [0.25, 0.3) is 0 Å². The number of esters is 1. The molecule has 1 aromatic heterocycles. The number of nitrogens with one attached hydrogen (secondary N) is 2. The molecule has 1 saturated carbocycles. The summed E-state index contributed by atoms with van der Waals surface area (Å²) >= 11 is 14.2. The Bertz CT molecular complexity index is 3370. The van der Waals surface area contributed by atoms with Crippen LogP contribution >= 0.6 is 35.6 Å². The molecule has 3 heterocycles. The highest BCUT2D eigenvalue weighted by Gasteiger charge is 2.41. The van der Waals surface area contributed by atoms with Gasteiger partial charge in [0, 0.05) is 89.9 Å². The zero-order chi connectivity index (χ0) is 60.2. The van der Waals surface area contributed by atoms with Crippen molar-refractivity contribution in [3.63, 3.8) is 0 Å². The second kappa shape index (κ2) is 28.7. The molecule has 2 N–H and O–H groups in total. The first kappa shape index (κ1) is 63.0. The lowest BCUT2D eigenvalue weighted by Gasteiger charge is -2.30. The quantitative estimate of drug-likeness (QED) is 0.0159. The van der Waals surface area contributed by atoms with E-state index in [9.17, 15) is 28.8 Å². The summed E-state index contributed by atoms with van der Waals surface area (Å²) < 4.78 is 25.6. The summed E-state index contributed by atoms with van der Waals surface area (Å²) in [7, 11) is 0. The molecule has 442 valence electrons. The summed E-state index contributed by atoms with van der Waals surface area (Å²) in [4.78, 5) is 81.0. The third kappa shape index (κ3) is 16.0. The third-order valence-corrected chi connectivity index (χ3v) is 17.0. The summed E-state index contributed by atoms with van der Waals surface area (Å²) in [6.45, 7) is 19.7. The number of Topliss-reactive ketones (excluding diaryl/α,β-unsaturated/α-hetero) is 3. The van der Waals surface area contributed by atoms with E-state index in [1.807, 2.05) is 55.1 Å². The van der Waals surface area contributed by atoms with Crippen LogP contribution in [0.4, 0.5) is 11.4 Å². The highest BCUT2D eigenvalue weighted by Crippen LogP contribution is 2.55. The molecule has 0 radical (unpaired) electrons. The number of hydrogen-bond donors (Lipinski definition) is 2. The van der Waals surface area contributed by atoms with Crippen molar-refractivity contribution in [2.24, 2.45) is 11.8 Å². The van der Waals surface area contributed by atoms with Crippen LogP contribution in [0.25, 0.3) is 5.57 Å². The summed E-state index contributed by atoms with van der Waals surface area (Å²) in [6, 6.07) is 20.6. The molecule has 0 bridgehead atoms. The summed E-state index contributed by atoms with van der Waals surface area (Å²) in [6.07, 6.45) is 6.71. The van der Waals surface area contributed by atoms with Gasteiger partial charge in [0.05, 0.1) is 53.8 Å². The second-order valence-corrected chi connectivity index (χ2v) is 24.5. The van der Waals surface area contributed by atoms with Gasteiger partial charge in [-0.05, 0) is 139 Å². The smallest absolute Gasteiger partial charge is 0.330 e. The molecule has 8 rings (SSSR count). The number of ether oxygens (including phenoxy) is 4. The Morgan fingerprint density at radius 3 is 2.39 bits per heavy atom. The number of nitrogens with zero attached hydrogens (tertiary/aromatic N) is 4. The van der Waals surface area contributed by atoms with Crippen LogP contribution in [-0.2, 0) is 33.4 Å². The van der Waals surface area contributed by atoms with E-state index in [1.54, 1.807) is 49.9 Å². The number of rotatable bonds is 25. The van der Waals surface area contributed by atoms with Gasteiger partial charge in [-0.2, -0.15) is 0 Å². The maximum Gasteiger partial charge on any atom is 0.330 e. The van der Waals surface area contributed by atoms with Gasteiger partial charge in [0.15, 0.2) is 23.1 Å². The number of fused-ring (bicyclic) bond motifs is 4. The number of thioether (sulfide) groups is 1. The summed E-state index contributed by atoms with van der Waals surface area (Å²) in [5, 5.41) is 16.7. The van der Waals surface area contributed by atoms with E-state index in [0.717, 1.165) is 34.0 Å². The van der Waals surface area contributed by atoms with Crippen LogP contribution < -0.4 is 15.4 Å². The number of amides is 1. The number of thiocarbonyl (C=S) groups is 1. The Balaban J connectivity index is 0.804. The summed E-state index contributed by atoms with van der Waals surface area (Å²) in [5.74, 6) is -0.192. The highest BCUT2D eigenvalue weighted by atomic mass is 35.5. The van der Waals surface area contributed by atoms with Gasteiger partial charge in [0.1, 0.15) is 29.6 Å². The van der Waals surface area contributed by atoms with E-state index in [4.69, 9.17) is 47.9 Å². The lowest BCUT2D eigenvalue weighted by Crippen LogP contribution is -2.37. The van der Waals surface area contributed by atoms with Gasteiger partial charge in [-0.15, -0.1) is 27.7 Å². The normalized spacial score (nSPS) is 18.8. The molecule has 4 aromatic rings. The first-order chi connectivity index (χ1) is 40.2. The Morgan fingerprint density at radius 2 is 1.67 bits per heavy atom. The monoisotopic (exact) mass is 1200 g/mol. The van der Waals surface area contributed by atoms with Crippen molar-refractivity contribution in [3.05, 3.63) is 158 Å². The molecule has 0 spiro atoms. The largest absolute Gasteiger partial charge is 0.491 e. The van der Waals surface area contributed by atoms with Gasteiger partial charge in [-0.3, -0.25) is 24.0 Å². The topological polar surface area (TPSA) is 197 Å². The van der Waals surface area contributed by atoms with E-state index in [2.05, 4.69) is 65.5 Å². The van der Waals surface area contributed by atoms with E-state index in [1.165, 1.54) is 22.6 Å². The highest BCUT2D eigenvalue weighted by molar-refractivity contribution is 8.03. The first-order valence-electron chi connectivity index (χ1n) is 28.4. The van der Waals surface area contributed by atoms with Gasteiger partial charge in [-0.1, -0.05) is 66.3 Å². The Kier molecular flexibility index (Phi) is 21.5. The lowest BCUT2D eigenvalue weighted by atomic mass is 9.77. The maximum absolute atomic E-state index is 13.6. The fraction of sp³-hybridized carbons (Fsp3) is 0.415. The van der Waals surface area contributed by atoms with Crippen molar-refractivity contribution in [2.45, 2.75) is 110 Å². The van der Waals surface area contributed by atoms with Crippen molar-refractivity contribution in [2.75, 3.05) is 63.3 Å². The van der Waals surface area contributed by atoms with Crippen molar-refractivity contribution >= 4 is 92.5 Å². The number of carbonyl (C=O) groups excluding carboxylic acids is 6. The predicted octanol–water partition coefficient (Wildman–Crippen LogP) is 12.2. The van der Waals surface area contributed by atoms with Crippen molar-refractivity contribution < 1.29 is 47.7 Å². The molecule has 2 aliphatic heterocycles. The van der Waals surface area contributed by atoms with Gasteiger partial charge in [0.2, 0.25) is 5.91 Å². The number of halogens is 1. The van der Waals surface area contributed by atoms with Crippen LogP contribution in [0, 0.1) is 18.8 Å². The van der Waals surface area contributed by atoms with Gasteiger partial charge in [-0.25, -0.2) is 4.79 Å². The number of aromatic nitrogens is 3. The zero-order valence-electron chi connectivity index (χ0n) is 48.8. The number of unbranched alkanes of at least 4 members (excludes halogenated alkanes) is 1. The maximum atomic E-state index is 13.6. The number of allylic oxidation sites excluding steroid dienone is 7. The molecule has 3 unspecified atom stereocenters. The van der Waals surface area contributed by atoms with E-state index >= 15 is 0 Å². The van der Waals surface area contributed by atoms with Gasteiger partial charge >= 0.3 is 5.97 Å². The van der Waals surface area contributed by atoms with Crippen LogP contribution in [-0.4, -0.2) is 118 Å². The number of benzene rings is 3. The number of carbonyl (C=O) groups is 6. The summed E-state index contributed by atoms with van der Waals surface area (Å²) in [5.41, 5.74) is 9.69. The predicted molar refractivity (Wildman–Crippen MR) is 332 cm³/mol.